The molecule has 0 fully saturated rings. The molecule has 10 heteroatoms. The molecule has 0 aliphatic heterocycles. The largest absolute Gasteiger partial charge is 0.400 e. The van der Waals surface area contributed by atoms with Crippen molar-refractivity contribution in [1.82, 2.24) is 9.78 Å². The van der Waals surface area contributed by atoms with Gasteiger partial charge in [-0.05, 0) is 68.3 Å². The van der Waals surface area contributed by atoms with Crippen LogP contribution in [0.3, 0.4) is 0 Å². The van der Waals surface area contributed by atoms with Crippen LogP contribution in [0.5, 0.6) is 0 Å². The van der Waals surface area contributed by atoms with Crippen molar-refractivity contribution in [2.24, 2.45) is 5.14 Å². The van der Waals surface area contributed by atoms with Gasteiger partial charge in [-0.2, -0.15) is 5.10 Å². The second-order valence-electron chi connectivity index (χ2n) is 6.26. The second kappa shape index (κ2) is 11.1. The smallest absolute Gasteiger partial charge is 0.282 e. The summed E-state index contributed by atoms with van der Waals surface area (Å²) in [7, 11) is -2.27. The van der Waals surface area contributed by atoms with E-state index in [-0.39, 0.29) is 16.4 Å². The van der Waals surface area contributed by atoms with Gasteiger partial charge in [-0.3, -0.25) is 9.11 Å². The normalized spacial score (nSPS) is 11.3. The molecule has 5 N–H and O–H groups in total. The molecule has 3 aromatic rings. The topological polar surface area (TPSA) is 105 Å². The van der Waals surface area contributed by atoms with E-state index < -0.39 is 17.2 Å². The van der Waals surface area contributed by atoms with Gasteiger partial charge in [0, 0.05) is 12.8 Å². The van der Waals surface area contributed by atoms with Crippen LogP contribution in [0.15, 0.2) is 53.4 Å². The van der Waals surface area contributed by atoms with E-state index in [1.54, 1.807) is 19.9 Å². The second-order valence-corrected chi connectivity index (χ2v) is 7.92. The first kappa shape index (κ1) is 25.7. The Balaban J connectivity index is 0.000000342. The van der Waals surface area contributed by atoms with Crippen molar-refractivity contribution < 1.29 is 27.4 Å². The molecular formula is C20H26F3N3O3S. The maximum absolute atomic E-state index is 12.6. The molecule has 0 radical (unpaired) electrons. The standard InChI is InChI=1S/C11H13F2N3O2S.C8H9F.CH4O/c1-7-6-10(11(12)13)15-16(7)8-2-4-9(5-3-8)19(14,17)18;1-6-3-4-7(2)8(9)5-6;1-2/h2-6,11,17-18H,14H2,1H3;3-5H,1-2H3;2H,1H3. The fourth-order valence-corrected chi connectivity index (χ4v) is 2.89. The van der Waals surface area contributed by atoms with Gasteiger partial charge in [0.2, 0.25) is 0 Å². The number of hydrogen-bond acceptors (Lipinski definition) is 5. The number of aryl methyl sites for hydroxylation is 3. The van der Waals surface area contributed by atoms with Gasteiger partial charge in [0.15, 0.2) is 0 Å². The first-order chi connectivity index (χ1) is 14.0. The number of nitrogens with zero attached hydrogens (tertiary/aromatic N) is 2. The van der Waals surface area contributed by atoms with E-state index in [0.717, 1.165) is 12.7 Å². The lowest BCUT2D eigenvalue weighted by Crippen LogP contribution is -2.08. The van der Waals surface area contributed by atoms with Crippen LogP contribution in [0.2, 0.25) is 0 Å². The van der Waals surface area contributed by atoms with E-state index in [0.29, 0.717) is 16.9 Å². The van der Waals surface area contributed by atoms with Crippen LogP contribution in [-0.2, 0) is 0 Å². The summed E-state index contributed by atoms with van der Waals surface area (Å²) in [6.45, 7) is 5.29. The molecule has 0 unspecified atom stereocenters. The summed E-state index contributed by atoms with van der Waals surface area (Å²) >= 11 is 0. The molecule has 0 saturated heterocycles. The molecule has 2 aromatic carbocycles. The molecule has 0 spiro atoms. The molecule has 0 aliphatic carbocycles. The monoisotopic (exact) mass is 445 g/mol. The van der Waals surface area contributed by atoms with Gasteiger partial charge < -0.3 is 5.11 Å². The Hall–Kier alpha value is -2.37. The Morgan fingerprint density at radius 3 is 1.93 bits per heavy atom. The van der Waals surface area contributed by atoms with Crippen LogP contribution in [0, 0.1) is 26.6 Å². The molecular weight excluding hydrogens is 419 g/mol. The van der Waals surface area contributed by atoms with E-state index in [2.05, 4.69) is 5.10 Å². The Labute approximate surface area is 175 Å². The summed E-state index contributed by atoms with van der Waals surface area (Å²) in [5, 5.41) is 16.0. The van der Waals surface area contributed by atoms with Crippen molar-refractivity contribution in [3.05, 3.63) is 76.9 Å². The van der Waals surface area contributed by atoms with Gasteiger partial charge in [0.05, 0.1) is 10.6 Å². The number of benzene rings is 2. The van der Waals surface area contributed by atoms with Crippen molar-refractivity contribution in [3.8, 4) is 5.69 Å². The van der Waals surface area contributed by atoms with Gasteiger partial charge in [-0.1, -0.05) is 12.1 Å². The zero-order valence-electron chi connectivity index (χ0n) is 17.1. The van der Waals surface area contributed by atoms with E-state index in [4.69, 9.17) is 10.2 Å². The molecule has 3 rings (SSSR count). The first-order valence-electron chi connectivity index (χ1n) is 8.67. The van der Waals surface area contributed by atoms with Crippen LogP contribution >= 0.6 is 10.8 Å². The predicted octanol–water partition coefficient (Wildman–Crippen LogP) is 5.15. The first-order valence-corrected chi connectivity index (χ1v) is 10.3. The summed E-state index contributed by atoms with van der Waals surface area (Å²) < 4.78 is 57.6. The molecule has 6 nitrogen and oxygen atoms in total. The molecule has 1 aromatic heterocycles. The van der Waals surface area contributed by atoms with Crippen molar-refractivity contribution >= 4 is 10.8 Å². The van der Waals surface area contributed by atoms with Gasteiger partial charge in [-0.15, -0.1) is 10.8 Å². The number of hydrogen-bond donors (Lipinski definition) is 4. The van der Waals surface area contributed by atoms with Gasteiger partial charge in [-0.25, -0.2) is 23.0 Å². The minimum atomic E-state index is -3.27. The van der Waals surface area contributed by atoms with Crippen LogP contribution in [0.4, 0.5) is 13.2 Å². The highest BCUT2D eigenvalue weighted by molar-refractivity contribution is 8.22. The Morgan fingerprint density at radius 2 is 1.53 bits per heavy atom. The van der Waals surface area contributed by atoms with Crippen molar-refractivity contribution in [3.63, 3.8) is 0 Å². The number of aliphatic hydroxyl groups is 1. The zero-order chi connectivity index (χ0) is 23.1. The summed E-state index contributed by atoms with van der Waals surface area (Å²) in [6.07, 6.45) is -2.63. The SMILES string of the molecule is CO.Cc1cc(C(F)F)nn1-c1ccc(S(N)(O)O)cc1.Cc1ccc(C)c(F)c1. The highest BCUT2D eigenvalue weighted by Gasteiger charge is 2.15. The fourth-order valence-electron chi connectivity index (χ4n) is 2.35. The lowest BCUT2D eigenvalue weighted by Gasteiger charge is -2.26. The van der Waals surface area contributed by atoms with Crippen LogP contribution in [0.1, 0.15) is 28.9 Å². The Morgan fingerprint density at radius 1 is 0.967 bits per heavy atom. The summed E-state index contributed by atoms with van der Waals surface area (Å²) in [5.74, 6) is -0.116. The van der Waals surface area contributed by atoms with Crippen LogP contribution in [0.25, 0.3) is 5.69 Å². The minimum absolute atomic E-state index is 0.116. The predicted molar refractivity (Wildman–Crippen MR) is 113 cm³/mol. The Bertz CT molecular complexity index is 943. The van der Waals surface area contributed by atoms with E-state index in [9.17, 15) is 22.3 Å². The Kier molecular flexibility index (Phi) is 9.53. The van der Waals surface area contributed by atoms with Crippen molar-refractivity contribution in [2.75, 3.05) is 7.11 Å². The van der Waals surface area contributed by atoms with Gasteiger partial charge in [0.25, 0.3) is 6.43 Å². The third-order valence-corrected chi connectivity index (χ3v) is 4.85. The quantitative estimate of drug-likeness (QED) is 0.446. The molecule has 0 aliphatic rings. The number of rotatable bonds is 3. The number of alkyl halides is 2. The average molecular weight is 446 g/mol. The van der Waals surface area contributed by atoms with E-state index in [1.165, 1.54) is 41.1 Å². The van der Waals surface area contributed by atoms with E-state index >= 15 is 0 Å². The number of aliphatic hydroxyl groups excluding tert-OH is 1. The molecule has 0 atom stereocenters. The van der Waals surface area contributed by atoms with Crippen molar-refractivity contribution in [1.29, 1.82) is 0 Å². The number of halogens is 3. The van der Waals surface area contributed by atoms with Crippen molar-refractivity contribution in [2.45, 2.75) is 32.1 Å². The van der Waals surface area contributed by atoms with Gasteiger partial charge >= 0.3 is 0 Å². The molecule has 0 amide bonds. The third-order valence-electron chi connectivity index (χ3n) is 3.89. The zero-order valence-corrected chi connectivity index (χ0v) is 17.9. The lowest BCUT2D eigenvalue weighted by atomic mass is 10.2. The fraction of sp³-hybridized carbons (Fsp3) is 0.250. The number of aromatic nitrogens is 2. The molecule has 30 heavy (non-hydrogen) atoms. The number of nitrogens with two attached hydrogens (primary N) is 1. The summed E-state index contributed by atoms with van der Waals surface area (Å²) in [6, 6.07) is 12.4. The maximum Gasteiger partial charge on any atom is 0.282 e. The average Bonchev–Trinajstić information content (AvgIpc) is 3.09. The van der Waals surface area contributed by atoms with E-state index in [1.807, 2.05) is 13.0 Å². The highest BCUT2D eigenvalue weighted by atomic mass is 32.3. The maximum atomic E-state index is 12.6. The van der Waals surface area contributed by atoms with Gasteiger partial charge in [0.1, 0.15) is 11.5 Å². The molecule has 0 bridgehead atoms. The highest BCUT2D eigenvalue weighted by Crippen LogP contribution is 2.39. The summed E-state index contributed by atoms with van der Waals surface area (Å²) in [5.41, 5.74) is 2.47. The lowest BCUT2D eigenvalue weighted by molar-refractivity contribution is 0.145. The third kappa shape index (κ3) is 7.15. The molecule has 0 saturated carbocycles. The van der Waals surface area contributed by atoms with Crippen LogP contribution in [-0.4, -0.2) is 31.1 Å². The summed E-state index contributed by atoms with van der Waals surface area (Å²) in [4.78, 5) is 0.176. The minimum Gasteiger partial charge on any atom is -0.400 e. The molecule has 1 heterocycles. The van der Waals surface area contributed by atoms with Crippen LogP contribution < -0.4 is 5.14 Å². The molecule has 166 valence electrons.